The molecule has 0 radical (unpaired) electrons. The van der Waals surface area contributed by atoms with Gasteiger partial charge >= 0.3 is 0 Å². The number of nitrogens with one attached hydrogen (secondary N) is 2. The molecule has 12 heteroatoms. The number of nitrogens with zero attached hydrogens (tertiary/aromatic N) is 7. The summed E-state index contributed by atoms with van der Waals surface area (Å²) in [5.74, 6) is 1.12. The maximum Gasteiger partial charge on any atom is 0.258 e. The molecule has 0 unspecified atom stereocenters. The molecule has 43 heavy (non-hydrogen) atoms. The van der Waals surface area contributed by atoms with Gasteiger partial charge in [0.25, 0.3) is 11.8 Å². The summed E-state index contributed by atoms with van der Waals surface area (Å²) >= 11 is 0. The minimum atomic E-state index is -0.641. The van der Waals surface area contributed by atoms with Crippen LogP contribution >= 0.6 is 0 Å². The molecular weight excluding hydrogens is 546 g/mol. The van der Waals surface area contributed by atoms with E-state index < -0.39 is 11.6 Å². The van der Waals surface area contributed by atoms with Crippen molar-refractivity contribution in [3.63, 3.8) is 0 Å². The van der Waals surface area contributed by atoms with Gasteiger partial charge in [0.05, 0.1) is 46.3 Å². The van der Waals surface area contributed by atoms with Crippen molar-refractivity contribution in [1.82, 2.24) is 35.0 Å². The second-order valence-electron chi connectivity index (χ2n) is 10.4. The molecule has 5 heterocycles. The number of carbonyl (C=O) groups excluding carboxylic acids is 1. The Morgan fingerprint density at radius 2 is 1.84 bits per heavy atom. The maximum atomic E-state index is 12.9. The highest BCUT2D eigenvalue weighted by molar-refractivity contribution is 5.99. The fourth-order valence-electron chi connectivity index (χ4n) is 5.01. The van der Waals surface area contributed by atoms with Crippen LogP contribution < -0.4 is 10.6 Å². The van der Waals surface area contributed by atoms with Crippen molar-refractivity contribution in [3.05, 3.63) is 103 Å². The van der Waals surface area contributed by atoms with E-state index in [1.807, 2.05) is 50.2 Å². The van der Waals surface area contributed by atoms with E-state index in [1.165, 1.54) is 6.20 Å². The molecule has 0 spiro atoms. The van der Waals surface area contributed by atoms with Gasteiger partial charge in [0, 0.05) is 37.4 Å². The third-order valence-corrected chi connectivity index (χ3v) is 7.25. The van der Waals surface area contributed by atoms with Crippen LogP contribution in [0.4, 0.5) is 17.5 Å². The highest BCUT2D eigenvalue weighted by atomic mass is 16.4. The molecule has 12 nitrogen and oxygen atoms in total. The van der Waals surface area contributed by atoms with Crippen molar-refractivity contribution in [1.29, 1.82) is 0 Å². The molecule has 6 rings (SSSR count). The average molecular weight is 576 g/mol. The highest BCUT2D eigenvalue weighted by Gasteiger charge is 2.44. The van der Waals surface area contributed by atoms with Crippen LogP contribution in [0.15, 0.2) is 90.4 Å². The number of aliphatic hydroxyl groups excluding tert-OH is 1. The number of hydrogen-bond donors (Lipinski definition) is 3. The van der Waals surface area contributed by atoms with Crippen LogP contribution in [0.25, 0.3) is 22.9 Å². The molecule has 0 saturated carbocycles. The zero-order valence-electron chi connectivity index (χ0n) is 23.6. The first-order valence-electron chi connectivity index (χ1n) is 13.6. The minimum Gasteiger partial charge on any atom is -0.416 e. The van der Waals surface area contributed by atoms with E-state index in [2.05, 4.69) is 47.3 Å². The van der Waals surface area contributed by atoms with Gasteiger partial charge in [-0.05, 0) is 31.5 Å². The zero-order chi connectivity index (χ0) is 30.0. The first-order chi connectivity index (χ1) is 20.9. The summed E-state index contributed by atoms with van der Waals surface area (Å²) in [6.07, 6.45) is 8.12. The lowest BCUT2D eigenvalue weighted by atomic mass is 10.0. The average Bonchev–Trinajstić information content (AvgIpc) is 3.59. The lowest BCUT2D eigenvalue weighted by molar-refractivity contribution is 0.0649. The maximum absolute atomic E-state index is 12.9. The van der Waals surface area contributed by atoms with Gasteiger partial charge in [-0.2, -0.15) is 0 Å². The van der Waals surface area contributed by atoms with Crippen molar-refractivity contribution >= 4 is 23.4 Å². The number of amides is 1. The predicted octanol–water partition coefficient (Wildman–Crippen LogP) is 4.75. The molecular formula is C31H29N9O3. The first kappa shape index (κ1) is 27.7. The molecule has 0 fully saturated rings. The van der Waals surface area contributed by atoms with Gasteiger partial charge < -0.3 is 25.1 Å². The highest BCUT2D eigenvalue weighted by Crippen LogP contribution is 2.38. The molecule has 1 amide bonds. The summed E-state index contributed by atoms with van der Waals surface area (Å²) < 4.78 is 6.00. The van der Waals surface area contributed by atoms with Crippen molar-refractivity contribution < 1.29 is 14.3 Å². The van der Waals surface area contributed by atoms with E-state index in [0.29, 0.717) is 46.3 Å². The lowest BCUT2D eigenvalue weighted by Gasteiger charge is -2.30. The summed E-state index contributed by atoms with van der Waals surface area (Å²) in [6.45, 7) is 7.88. The SMILES string of the molecule is C=CCN1C(=O)c2cnc(Nc3cc(N[C@H](CO)c4ccccc4)c(-c4nnc(-c5cccnc5)o4)cn3)nc2C1(C)C. The second-order valence-corrected chi connectivity index (χ2v) is 10.4. The molecule has 5 aromatic rings. The van der Waals surface area contributed by atoms with Gasteiger partial charge in [-0.15, -0.1) is 16.8 Å². The molecule has 0 bridgehead atoms. The zero-order valence-corrected chi connectivity index (χ0v) is 23.6. The Labute approximate surface area is 247 Å². The Balaban J connectivity index is 1.35. The fourth-order valence-corrected chi connectivity index (χ4v) is 5.01. The van der Waals surface area contributed by atoms with Gasteiger partial charge in [-0.25, -0.2) is 15.0 Å². The molecule has 0 saturated heterocycles. The number of carbonyl (C=O) groups is 1. The molecule has 216 valence electrons. The molecule has 4 aromatic heterocycles. The number of rotatable bonds is 10. The van der Waals surface area contributed by atoms with E-state index in [4.69, 9.17) is 4.42 Å². The number of fused-ring (bicyclic) bond motifs is 1. The molecule has 0 aliphatic carbocycles. The fraction of sp³-hybridized carbons (Fsp3) is 0.194. The molecule has 3 N–H and O–H groups in total. The van der Waals surface area contributed by atoms with Gasteiger partial charge in [-0.3, -0.25) is 9.78 Å². The molecule has 1 aromatic carbocycles. The van der Waals surface area contributed by atoms with Gasteiger partial charge in [0.1, 0.15) is 5.82 Å². The number of benzene rings is 1. The Bertz CT molecular complexity index is 1770. The summed E-state index contributed by atoms with van der Waals surface area (Å²) in [5, 5.41) is 25.3. The number of pyridine rings is 2. The molecule has 1 aliphatic rings. The van der Waals surface area contributed by atoms with E-state index in [1.54, 1.807) is 41.7 Å². The smallest absolute Gasteiger partial charge is 0.258 e. The quantitative estimate of drug-likeness (QED) is 0.198. The molecule has 1 atom stereocenters. The monoisotopic (exact) mass is 575 g/mol. The van der Waals surface area contributed by atoms with E-state index in [-0.39, 0.29) is 24.4 Å². The van der Waals surface area contributed by atoms with Crippen LogP contribution in [0.2, 0.25) is 0 Å². The summed E-state index contributed by atoms with van der Waals surface area (Å²) in [5.41, 5.74) is 3.11. The van der Waals surface area contributed by atoms with Crippen LogP contribution in [-0.4, -0.2) is 59.2 Å². The van der Waals surface area contributed by atoms with Crippen molar-refractivity contribution in [2.24, 2.45) is 0 Å². The number of hydrogen-bond acceptors (Lipinski definition) is 11. The number of aromatic nitrogens is 6. The Kier molecular flexibility index (Phi) is 7.34. The van der Waals surface area contributed by atoms with Crippen LogP contribution in [0.5, 0.6) is 0 Å². The first-order valence-corrected chi connectivity index (χ1v) is 13.6. The molecule has 1 aliphatic heterocycles. The summed E-state index contributed by atoms with van der Waals surface area (Å²) in [4.78, 5) is 32.4. The van der Waals surface area contributed by atoms with Crippen molar-refractivity contribution in [2.75, 3.05) is 23.8 Å². The summed E-state index contributed by atoms with van der Waals surface area (Å²) in [6, 6.07) is 14.5. The van der Waals surface area contributed by atoms with Crippen LogP contribution in [0.1, 0.15) is 41.5 Å². The van der Waals surface area contributed by atoms with E-state index in [9.17, 15) is 9.90 Å². The number of anilines is 3. The van der Waals surface area contributed by atoms with Gasteiger partial charge in [0.15, 0.2) is 0 Å². The Morgan fingerprint density at radius 1 is 1.05 bits per heavy atom. The topological polar surface area (TPSA) is 155 Å². The second kappa shape index (κ2) is 11.4. The minimum absolute atomic E-state index is 0.137. The van der Waals surface area contributed by atoms with Crippen LogP contribution in [-0.2, 0) is 5.54 Å². The Morgan fingerprint density at radius 3 is 2.58 bits per heavy atom. The Hall–Kier alpha value is -5.49. The van der Waals surface area contributed by atoms with E-state index >= 15 is 0 Å². The third-order valence-electron chi connectivity index (χ3n) is 7.25. The van der Waals surface area contributed by atoms with Crippen molar-refractivity contribution in [2.45, 2.75) is 25.4 Å². The van der Waals surface area contributed by atoms with Crippen LogP contribution in [0, 0.1) is 0 Å². The van der Waals surface area contributed by atoms with Gasteiger partial charge in [0.2, 0.25) is 11.8 Å². The van der Waals surface area contributed by atoms with Crippen LogP contribution in [0.3, 0.4) is 0 Å². The summed E-state index contributed by atoms with van der Waals surface area (Å²) in [7, 11) is 0. The van der Waals surface area contributed by atoms with Crippen molar-refractivity contribution in [3.8, 4) is 22.9 Å². The van der Waals surface area contributed by atoms with Gasteiger partial charge in [-0.1, -0.05) is 36.4 Å². The number of aliphatic hydroxyl groups is 1. The van der Waals surface area contributed by atoms with E-state index in [0.717, 1.165) is 5.56 Å². The largest absolute Gasteiger partial charge is 0.416 e. The standard InChI is InChI=1S/C31H29N9O3/c1-4-13-40-29(42)22-17-34-30(37-26(22)31(40,2)3)36-25-14-23(35-24(18-41)19-9-6-5-7-10-19)21(16-33-25)28-39-38-27(43-28)20-11-8-12-32-15-20/h4-12,14-17,24,41H,1,13,18H2,2-3H3,(H2,33,34,35,36,37)/t24-/m1/s1. The lowest BCUT2D eigenvalue weighted by Crippen LogP contribution is -2.39. The third kappa shape index (κ3) is 5.31. The normalized spacial score (nSPS) is 14.3. The predicted molar refractivity (Wildman–Crippen MR) is 160 cm³/mol.